The Labute approximate surface area is 113 Å². The molecule has 1 heterocycles. The molecule has 0 unspecified atom stereocenters. The topological polar surface area (TPSA) is 81.1 Å². The molecular weight excluding hydrogens is 248 g/mol. The number of rotatable bonds is 4. The minimum Gasteiger partial charge on any atom is -0.480 e. The maximum atomic E-state index is 12.5. The first-order valence-electron chi connectivity index (χ1n) is 6.88. The quantitative estimate of drug-likeness (QED) is 0.789. The number of aliphatic carboxylic acids is 1. The average Bonchev–Trinajstić information content (AvgIpc) is 3.05. The maximum Gasteiger partial charge on any atom is 0.326 e. The zero-order chi connectivity index (χ0) is 14.2. The van der Waals surface area contributed by atoms with Crippen molar-refractivity contribution in [3.05, 3.63) is 0 Å². The van der Waals surface area contributed by atoms with Crippen molar-refractivity contribution in [2.24, 2.45) is 5.92 Å². The van der Waals surface area contributed by atoms with E-state index >= 15 is 0 Å². The summed E-state index contributed by atoms with van der Waals surface area (Å²) in [4.78, 5) is 26.7. The summed E-state index contributed by atoms with van der Waals surface area (Å²) in [5.41, 5.74) is 0. The number of aliphatic hydroxyl groups is 1. The zero-order valence-corrected chi connectivity index (χ0v) is 11.5. The van der Waals surface area contributed by atoms with Crippen molar-refractivity contribution in [3.63, 3.8) is 0 Å². The van der Waals surface area contributed by atoms with Crippen LogP contribution >= 0.6 is 0 Å². The summed E-state index contributed by atoms with van der Waals surface area (Å²) in [6.07, 6.45) is 1.67. The molecule has 1 saturated carbocycles. The number of β-amino-alcohol motifs (C(OH)–C–C–N with tert-alkyl or cyclic N) is 1. The van der Waals surface area contributed by atoms with Crippen LogP contribution in [0.4, 0.5) is 4.79 Å². The van der Waals surface area contributed by atoms with Crippen molar-refractivity contribution in [1.29, 1.82) is 0 Å². The Morgan fingerprint density at radius 3 is 2.47 bits per heavy atom. The standard InChI is InChI=1S/C13H22N2O4/c1-8(2)14(6-9-3-4-9)13(19)15-7-10(16)5-11(15)12(17)18/h8-11,16H,3-7H2,1-2H3,(H,17,18)/t10-,11-/m0/s1. The summed E-state index contributed by atoms with van der Waals surface area (Å²) in [6.45, 7) is 4.67. The van der Waals surface area contributed by atoms with Gasteiger partial charge in [-0.05, 0) is 32.6 Å². The molecule has 2 fully saturated rings. The fourth-order valence-electron chi connectivity index (χ4n) is 2.51. The Balaban J connectivity index is 2.08. The van der Waals surface area contributed by atoms with Crippen molar-refractivity contribution in [3.8, 4) is 0 Å². The Morgan fingerprint density at radius 1 is 1.37 bits per heavy atom. The van der Waals surface area contributed by atoms with Gasteiger partial charge in [0, 0.05) is 25.6 Å². The van der Waals surface area contributed by atoms with Gasteiger partial charge in [0.25, 0.3) is 0 Å². The second kappa shape index (κ2) is 5.36. The van der Waals surface area contributed by atoms with Gasteiger partial charge in [0.1, 0.15) is 6.04 Å². The van der Waals surface area contributed by atoms with Gasteiger partial charge < -0.3 is 20.0 Å². The van der Waals surface area contributed by atoms with Crippen molar-refractivity contribution in [2.45, 2.75) is 51.3 Å². The fraction of sp³-hybridized carbons (Fsp3) is 0.846. The summed E-state index contributed by atoms with van der Waals surface area (Å²) >= 11 is 0. The van der Waals surface area contributed by atoms with Gasteiger partial charge in [-0.3, -0.25) is 0 Å². The number of carboxylic acids is 1. The number of hydrogen-bond acceptors (Lipinski definition) is 3. The molecule has 0 radical (unpaired) electrons. The van der Waals surface area contributed by atoms with Crippen LogP contribution in [0.5, 0.6) is 0 Å². The summed E-state index contributed by atoms with van der Waals surface area (Å²) in [5, 5.41) is 18.7. The van der Waals surface area contributed by atoms with Crippen LogP contribution in [0.3, 0.4) is 0 Å². The highest BCUT2D eigenvalue weighted by atomic mass is 16.4. The largest absolute Gasteiger partial charge is 0.480 e. The Kier molecular flexibility index (Phi) is 3.99. The van der Waals surface area contributed by atoms with E-state index in [0.717, 1.165) is 12.8 Å². The first-order valence-corrected chi connectivity index (χ1v) is 6.88. The lowest BCUT2D eigenvalue weighted by molar-refractivity contribution is -0.141. The molecule has 0 aromatic heterocycles. The van der Waals surface area contributed by atoms with Crippen molar-refractivity contribution < 1.29 is 19.8 Å². The van der Waals surface area contributed by atoms with E-state index in [-0.39, 0.29) is 25.0 Å². The van der Waals surface area contributed by atoms with E-state index in [1.165, 1.54) is 4.90 Å². The highest BCUT2D eigenvalue weighted by Gasteiger charge is 2.41. The molecule has 6 nitrogen and oxygen atoms in total. The second-order valence-corrected chi connectivity index (χ2v) is 5.87. The van der Waals surface area contributed by atoms with Gasteiger partial charge in [-0.15, -0.1) is 0 Å². The van der Waals surface area contributed by atoms with Crippen molar-refractivity contribution in [1.82, 2.24) is 9.80 Å². The average molecular weight is 270 g/mol. The van der Waals surface area contributed by atoms with Crippen LogP contribution in [0.15, 0.2) is 0 Å². The van der Waals surface area contributed by atoms with E-state index in [1.54, 1.807) is 4.90 Å². The molecule has 0 aromatic rings. The molecular formula is C13H22N2O4. The monoisotopic (exact) mass is 270 g/mol. The fourth-order valence-corrected chi connectivity index (χ4v) is 2.51. The Hall–Kier alpha value is -1.30. The van der Waals surface area contributed by atoms with Gasteiger partial charge in [0.15, 0.2) is 0 Å². The number of nitrogens with zero attached hydrogens (tertiary/aromatic N) is 2. The summed E-state index contributed by atoms with van der Waals surface area (Å²) < 4.78 is 0. The molecule has 0 bridgehead atoms. The molecule has 2 amide bonds. The van der Waals surface area contributed by atoms with Gasteiger partial charge in [-0.2, -0.15) is 0 Å². The third-order valence-electron chi connectivity index (χ3n) is 3.83. The van der Waals surface area contributed by atoms with E-state index in [9.17, 15) is 14.7 Å². The first kappa shape index (κ1) is 14.1. The van der Waals surface area contributed by atoms with E-state index in [1.807, 2.05) is 13.8 Å². The number of amides is 2. The Bertz CT molecular complexity index is 368. The molecule has 2 atom stereocenters. The molecule has 1 aliphatic carbocycles. The molecule has 108 valence electrons. The molecule has 2 N–H and O–H groups in total. The molecule has 2 aliphatic rings. The van der Waals surface area contributed by atoms with Gasteiger partial charge in [-0.25, -0.2) is 9.59 Å². The zero-order valence-electron chi connectivity index (χ0n) is 11.5. The number of aliphatic hydroxyl groups excluding tert-OH is 1. The number of carboxylic acid groups (broad SMARTS) is 1. The molecule has 1 saturated heterocycles. The lowest BCUT2D eigenvalue weighted by Crippen LogP contribution is -2.51. The van der Waals surface area contributed by atoms with Crippen LogP contribution in [0.25, 0.3) is 0 Å². The second-order valence-electron chi connectivity index (χ2n) is 5.87. The minimum atomic E-state index is -1.04. The number of hydrogen-bond donors (Lipinski definition) is 2. The number of carbonyl (C=O) groups is 2. The number of urea groups is 1. The molecule has 0 spiro atoms. The first-order chi connectivity index (χ1) is 8.90. The van der Waals surface area contributed by atoms with Crippen molar-refractivity contribution in [2.75, 3.05) is 13.1 Å². The molecule has 6 heteroatoms. The van der Waals surface area contributed by atoms with Crippen LogP contribution in [0.1, 0.15) is 33.1 Å². The highest BCUT2D eigenvalue weighted by molar-refractivity contribution is 5.83. The third kappa shape index (κ3) is 3.18. The van der Waals surface area contributed by atoms with E-state index in [2.05, 4.69) is 0 Å². The molecule has 19 heavy (non-hydrogen) atoms. The van der Waals surface area contributed by atoms with Gasteiger partial charge in [0.2, 0.25) is 0 Å². The summed E-state index contributed by atoms with van der Waals surface area (Å²) in [7, 11) is 0. The molecule has 0 aromatic carbocycles. The van der Waals surface area contributed by atoms with E-state index in [4.69, 9.17) is 5.11 Å². The van der Waals surface area contributed by atoms with Gasteiger partial charge in [-0.1, -0.05) is 0 Å². The van der Waals surface area contributed by atoms with Crippen LogP contribution < -0.4 is 0 Å². The van der Waals surface area contributed by atoms with Crippen LogP contribution in [0, 0.1) is 5.92 Å². The SMILES string of the molecule is CC(C)N(CC1CC1)C(=O)N1C[C@@H](O)C[C@H]1C(=O)O. The lowest BCUT2D eigenvalue weighted by atomic mass is 10.2. The molecule has 2 rings (SSSR count). The van der Waals surface area contributed by atoms with E-state index < -0.39 is 18.1 Å². The predicted octanol–water partition coefficient (Wildman–Crippen LogP) is 0.747. The van der Waals surface area contributed by atoms with Crippen LogP contribution in [0.2, 0.25) is 0 Å². The summed E-state index contributed by atoms with van der Waals surface area (Å²) in [6, 6.07) is -1.12. The van der Waals surface area contributed by atoms with Gasteiger partial charge in [0.05, 0.1) is 6.10 Å². The maximum absolute atomic E-state index is 12.5. The normalized spacial score (nSPS) is 26.8. The van der Waals surface area contributed by atoms with Gasteiger partial charge >= 0.3 is 12.0 Å². The van der Waals surface area contributed by atoms with Crippen LogP contribution in [-0.2, 0) is 4.79 Å². The molecule has 1 aliphatic heterocycles. The predicted molar refractivity (Wildman–Crippen MR) is 68.7 cm³/mol. The number of carbonyl (C=O) groups excluding carboxylic acids is 1. The highest BCUT2D eigenvalue weighted by Crippen LogP contribution is 2.31. The minimum absolute atomic E-state index is 0.0419. The Morgan fingerprint density at radius 2 is 2.00 bits per heavy atom. The smallest absolute Gasteiger partial charge is 0.326 e. The lowest BCUT2D eigenvalue weighted by Gasteiger charge is -2.33. The van der Waals surface area contributed by atoms with Crippen molar-refractivity contribution >= 4 is 12.0 Å². The van der Waals surface area contributed by atoms with E-state index in [0.29, 0.717) is 12.5 Å². The summed E-state index contributed by atoms with van der Waals surface area (Å²) in [5.74, 6) is -0.484. The third-order valence-corrected chi connectivity index (χ3v) is 3.83. The van der Waals surface area contributed by atoms with Crippen LogP contribution in [-0.4, -0.2) is 63.3 Å². The number of likely N-dealkylation sites (tertiary alicyclic amines) is 1.